The summed E-state index contributed by atoms with van der Waals surface area (Å²) in [5, 5.41) is 16.4. The maximum Gasteiger partial charge on any atom is 0.283 e. The van der Waals surface area contributed by atoms with Gasteiger partial charge in [-0.2, -0.15) is 0 Å². The molecule has 0 aliphatic carbocycles. The molecule has 0 bridgehead atoms. The van der Waals surface area contributed by atoms with Crippen molar-refractivity contribution in [3.63, 3.8) is 0 Å². The minimum atomic E-state index is -0.497. The molecule has 0 radical (unpaired) electrons. The summed E-state index contributed by atoms with van der Waals surface area (Å²) in [6, 6.07) is 4.27. The molecule has 2 amide bonds. The number of carbonyl (C=O) groups is 2. The third kappa shape index (κ3) is 3.72. The lowest BCUT2D eigenvalue weighted by molar-refractivity contribution is -0.387. The van der Waals surface area contributed by atoms with Crippen LogP contribution in [0.5, 0.6) is 0 Å². The van der Waals surface area contributed by atoms with Crippen LogP contribution < -0.4 is 10.6 Å². The molecular weight excluding hydrogens is 294 g/mol. The molecule has 2 rings (SSSR count). The Morgan fingerprint density at radius 3 is 2.86 bits per heavy atom. The molecule has 1 aliphatic rings. The Bertz CT molecular complexity index is 581. The van der Waals surface area contributed by atoms with Crippen molar-refractivity contribution in [3.05, 3.63) is 33.9 Å². The van der Waals surface area contributed by atoms with Gasteiger partial charge in [-0.1, -0.05) is 0 Å². The number of benzene rings is 1. The van der Waals surface area contributed by atoms with E-state index in [1.807, 2.05) is 0 Å². The summed E-state index contributed by atoms with van der Waals surface area (Å²) in [4.78, 5) is 34.2. The zero-order chi connectivity index (χ0) is 15.4. The van der Waals surface area contributed by atoms with Crippen LogP contribution in [0.25, 0.3) is 0 Å². The van der Waals surface area contributed by atoms with Crippen molar-refractivity contribution in [3.8, 4) is 0 Å². The summed E-state index contributed by atoms with van der Waals surface area (Å²) in [5.41, 5.74) is 0.170. The second-order valence-corrected chi connectivity index (χ2v) is 5.50. The fraction of sp³-hybridized carbons (Fsp3) is 0.385. The Labute approximate surface area is 125 Å². The molecule has 112 valence electrons. The Kier molecular flexibility index (Phi) is 4.79. The van der Waals surface area contributed by atoms with Gasteiger partial charge in [0.1, 0.15) is 0 Å². The molecule has 1 atom stereocenters. The van der Waals surface area contributed by atoms with Crippen LogP contribution in [0.15, 0.2) is 23.1 Å². The molecule has 2 N–H and O–H groups in total. The highest BCUT2D eigenvalue weighted by Crippen LogP contribution is 2.28. The van der Waals surface area contributed by atoms with Crippen molar-refractivity contribution in [1.82, 2.24) is 10.6 Å². The number of piperidine rings is 1. The van der Waals surface area contributed by atoms with Crippen LogP contribution in [0.3, 0.4) is 0 Å². The first-order chi connectivity index (χ1) is 10.0. The van der Waals surface area contributed by atoms with Gasteiger partial charge in [0.25, 0.3) is 11.6 Å². The molecule has 21 heavy (non-hydrogen) atoms. The molecular formula is C13H15N3O4S. The number of thioether (sulfide) groups is 1. The van der Waals surface area contributed by atoms with E-state index >= 15 is 0 Å². The molecule has 1 aromatic rings. The Morgan fingerprint density at radius 2 is 2.29 bits per heavy atom. The Balaban J connectivity index is 2.10. The number of nitrogens with zero attached hydrogens (tertiary/aromatic N) is 1. The van der Waals surface area contributed by atoms with Gasteiger partial charge < -0.3 is 10.6 Å². The quantitative estimate of drug-likeness (QED) is 0.496. The average Bonchev–Trinajstić information content (AvgIpc) is 2.48. The first-order valence-corrected chi connectivity index (χ1v) is 7.63. The average molecular weight is 309 g/mol. The standard InChI is InChI=1S/C13H15N3O4S/c1-21-11-4-2-8(6-10(11)16(19)20)13(18)15-9-3-5-12(17)14-7-9/h2,4,6,9H,3,5,7H2,1H3,(H,14,17)(H,15,18). The van der Waals surface area contributed by atoms with Crippen LogP contribution in [0.2, 0.25) is 0 Å². The zero-order valence-corrected chi connectivity index (χ0v) is 12.2. The Morgan fingerprint density at radius 1 is 1.52 bits per heavy atom. The maximum absolute atomic E-state index is 12.1. The van der Waals surface area contributed by atoms with Crippen molar-refractivity contribution in [2.75, 3.05) is 12.8 Å². The molecule has 1 aliphatic heterocycles. The Hall–Kier alpha value is -2.09. The van der Waals surface area contributed by atoms with E-state index < -0.39 is 4.92 Å². The number of carbonyl (C=O) groups excluding carboxylic acids is 2. The lowest BCUT2D eigenvalue weighted by Crippen LogP contribution is -2.47. The number of hydrogen-bond acceptors (Lipinski definition) is 5. The van der Waals surface area contributed by atoms with Gasteiger partial charge in [0, 0.05) is 30.6 Å². The van der Waals surface area contributed by atoms with E-state index in [0.717, 1.165) is 0 Å². The van der Waals surface area contributed by atoms with Gasteiger partial charge in [-0.05, 0) is 24.8 Å². The predicted octanol–water partition coefficient (Wildman–Crippen LogP) is 1.33. The van der Waals surface area contributed by atoms with Gasteiger partial charge in [-0.3, -0.25) is 19.7 Å². The van der Waals surface area contributed by atoms with Gasteiger partial charge in [-0.25, -0.2) is 0 Å². The number of nitro groups is 1. The summed E-state index contributed by atoms with van der Waals surface area (Å²) in [7, 11) is 0. The minimum absolute atomic E-state index is 0.0274. The van der Waals surface area contributed by atoms with Crippen molar-refractivity contribution in [2.24, 2.45) is 0 Å². The molecule has 1 heterocycles. The van der Waals surface area contributed by atoms with Crippen LogP contribution in [-0.2, 0) is 4.79 Å². The number of nitrogens with one attached hydrogen (secondary N) is 2. The largest absolute Gasteiger partial charge is 0.354 e. The van der Waals surface area contributed by atoms with Crippen molar-refractivity contribution < 1.29 is 14.5 Å². The van der Waals surface area contributed by atoms with E-state index in [1.54, 1.807) is 18.4 Å². The van der Waals surface area contributed by atoms with Crippen LogP contribution in [0.4, 0.5) is 5.69 Å². The molecule has 0 aromatic heterocycles. The third-order valence-corrected chi connectivity index (χ3v) is 4.02. The second kappa shape index (κ2) is 6.57. The van der Waals surface area contributed by atoms with Crippen molar-refractivity contribution in [2.45, 2.75) is 23.8 Å². The van der Waals surface area contributed by atoms with Crippen molar-refractivity contribution >= 4 is 29.3 Å². The van der Waals surface area contributed by atoms with E-state index in [0.29, 0.717) is 24.3 Å². The van der Waals surface area contributed by atoms with E-state index in [1.165, 1.54) is 17.8 Å². The van der Waals surface area contributed by atoms with Crippen LogP contribution in [-0.4, -0.2) is 35.6 Å². The lowest BCUT2D eigenvalue weighted by Gasteiger charge is -2.23. The van der Waals surface area contributed by atoms with Gasteiger partial charge in [0.2, 0.25) is 5.91 Å². The normalized spacial score (nSPS) is 18.0. The molecule has 1 aromatic carbocycles. The van der Waals surface area contributed by atoms with Gasteiger partial charge in [-0.15, -0.1) is 11.8 Å². The predicted molar refractivity (Wildman–Crippen MR) is 78.4 cm³/mol. The van der Waals surface area contributed by atoms with E-state index in [4.69, 9.17) is 0 Å². The molecule has 1 unspecified atom stereocenters. The molecule has 0 saturated carbocycles. The second-order valence-electron chi connectivity index (χ2n) is 4.66. The number of hydrogen-bond donors (Lipinski definition) is 2. The van der Waals surface area contributed by atoms with E-state index in [-0.39, 0.29) is 29.1 Å². The topological polar surface area (TPSA) is 101 Å². The van der Waals surface area contributed by atoms with Gasteiger partial charge >= 0.3 is 0 Å². The van der Waals surface area contributed by atoms with E-state index in [2.05, 4.69) is 10.6 Å². The molecule has 7 nitrogen and oxygen atoms in total. The van der Waals surface area contributed by atoms with Gasteiger partial charge in [0.05, 0.1) is 9.82 Å². The van der Waals surface area contributed by atoms with Crippen LogP contribution in [0, 0.1) is 10.1 Å². The smallest absolute Gasteiger partial charge is 0.283 e. The lowest BCUT2D eigenvalue weighted by atomic mass is 10.1. The van der Waals surface area contributed by atoms with Gasteiger partial charge in [0.15, 0.2) is 0 Å². The summed E-state index contributed by atoms with van der Waals surface area (Å²) in [5.74, 6) is -0.396. The third-order valence-electron chi connectivity index (χ3n) is 3.24. The molecule has 8 heteroatoms. The van der Waals surface area contributed by atoms with E-state index in [9.17, 15) is 19.7 Å². The fourth-order valence-corrected chi connectivity index (χ4v) is 2.65. The SMILES string of the molecule is CSc1ccc(C(=O)NC2CCC(=O)NC2)cc1[N+](=O)[O-]. The monoisotopic (exact) mass is 309 g/mol. The molecule has 1 fully saturated rings. The summed E-state index contributed by atoms with van der Waals surface area (Å²) >= 11 is 1.26. The summed E-state index contributed by atoms with van der Waals surface area (Å²) < 4.78 is 0. The highest BCUT2D eigenvalue weighted by atomic mass is 32.2. The van der Waals surface area contributed by atoms with Crippen molar-refractivity contribution in [1.29, 1.82) is 0 Å². The molecule has 1 saturated heterocycles. The highest BCUT2D eigenvalue weighted by Gasteiger charge is 2.22. The number of rotatable bonds is 4. The zero-order valence-electron chi connectivity index (χ0n) is 11.4. The summed E-state index contributed by atoms with van der Waals surface area (Å²) in [6.45, 7) is 0.384. The highest BCUT2D eigenvalue weighted by molar-refractivity contribution is 7.98. The number of nitro benzene ring substituents is 1. The maximum atomic E-state index is 12.1. The molecule has 0 spiro atoms. The van der Waals surface area contributed by atoms with Crippen LogP contribution >= 0.6 is 11.8 Å². The minimum Gasteiger partial charge on any atom is -0.354 e. The first-order valence-electron chi connectivity index (χ1n) is 6.41. The number of amides is 2. The fourth-order valence-electron chi connectivity index (χ4n) is 2.10. The summed E-state index contributed by atoms with van der Waals surface area (Å²) in [6.07, 6.45) is 2.69. The first kappa shape index (κ1) is 15.3. The van der Waals surface area contributed by atoms with Crippen LogP contribution in [0.1, 0.15) is 23.2 Å².